The van der Waals surface area contributed by atoms with E-state index in [0.717, 1.165) is 0 Å². The standard InChI is InChI=1S/C4H5NO2/c5-3-1-2-4(6)7-3/h1-3H,5H2/t3-/m0/s1. The molecule has 0 aromatic heterocycles. The van der Waals surface area contributed by atoms with Crippen LogP contribution in [-0.2, 0) is 9.53 Å². The van der Waals surface area contributed by atoms with Gasteiger partial charge in [-0.3, -0.25) is 5.73 Å². The molecule has 0 aromatic rings. The van der Waals surface area contributed by atoms with Gasteiger partial charge in [0.15, 0.2) is 6.23 Å². The van der Waals surface area contributed by atoms with Gasteiger partial charge in [0.05, 0.1) is 0 Å². The van der Waals surface area contributed by atoms with Gasteiger partial charge in [-0.25, -0.2) is 4.79 Å². The molecule has 1 aliphatic heterocycles. The van der Waals surface area contributed by atoms with Gasteiger partial charge >= 0.3 is 5.97 Å². The highest BCUT2D eigenvalue weighted by atomic mass is 16.6. The zero-order valence-corrected chi connectivity index (χ0v) is 3.63. The van der Waals surface area contributed by atoms with E-state index >= 15 is 0 Å². The van der Waals surface area contributed by atoms with Crippen LogP contribution in [0.1, 0.15) is 0 Å². The van der Waals surface area contributed by atoms with E-state index in [1.807, 2.05) is 0 Å². The molecule has 1 rings (SSSR count). The smallest absolute Gasteiger partial charge is 0.332 e. The van der Waals surface area contributed by atoms with Crippen LogP contribution in [-0.4, -0.2) is 12.2 Å². The summed E-state index contributed by atoms with van der Waals surface area (Å²) in [6.45, 7) is 0. The summed E-state index contributed by atoms with van der Waals surface area (Å²) in [7, 11) is 0. The van der Waals surface area contributed by atoms with Crippen LogP contribution in [0.3, 0.4) is 0 Å². The monoisotopic (exact) mass is 99.0 g/mol. The molecule has 0 radical (unpaired) electrons. The lowest BCUT2D eigenvalue weighted by Gasteiger charge is -1.95. The molecule has 0 spiro atoms. The fourth-order valence-electron chi connectivity index (χ4n) is 0.386. The Balaban J connectivity index is 2.58. The first-order valence-electron chi connectivity index (χ1n) is 1.93. The first kappa shape index (κ1) is 4.33. The lowest BCUT2D eigenvalue weighted by molar-refractivity contribution is -0.138. The van der Waals surface area contributed by atoms with Crippen molar-refractivity contribution in [1.82, 2.24) is 0 Å². The van der Waals surface area contributed by atoms with Gasteiger partial charge in [0.25, 0.3) is 0 Å². The van der Waals surface area contributed by atoms with Crippen molar-refractivity contribution in [3.8, 4) is 0 Å². The third-order valence-corrected chi connectivity index (χ3v) is 0.674. The van der Waals surface area contributed by atoms with Crippen LogP contribution < -0.4 is 5.73 Å². The molecule has 0 saturated carbocycles. The van der Waals surface area contributed by atoms with Crippen molar-refractivity contribution >= 4 is 5.97 Å². The molecular formula is C4H5NO2. The van der Waals surface area contributed by atoms with Crippen LogP contribution >= 0.6 is 0 Å². The minimum absolute atomic E-state index is 0.354. The number of hydrogen-bond donors (Lipinski definition) is 1. The number of cyclic esters (lactones) is 1. The average molecular weight is 99.1 g/mol. The Morgan fingerprint density at radius 1 is 1.86 bits per heavy atom. The predicted molar refractivity (Wildman–Crippen MR) is 23.2 cm³/mol. The minimum atomic E-state index is -0.507. The highest BCUT2D eigenvalue weighted by molar-refractivity contribution is 5.84. The number of esters is 1. The van der Waals surface area contributed by atoms with Gasteiger partial charge in [0.1, 0.15) is 0 Å². The van der Waals surface area contributed by atoms with Crippen LogP contribution in [0.15, 0.2) is 12.2 Å². The van der Waals surface area contributed by atoms with E-state index in [0.29, 0.717) is 0 Å². The molecule has 0 fully saturated rings. The van der Waals surface area contributed by atoms with E-state index in [2.05, 4.69) is 4.74 Å². The van der Waals surface area contributed by atoms with Crippen LogP contribution in [0.4, 0.5) is 0 Å². The van der Waals surface area contributed by atoms with Crippen molar-refractivity contribution in [2.75, 3.05) is 0 Å². The zero-order valence-electron chi connectivity index (χ0n) is 3.63. The SMILES string of the molecule is N[C@@H]1C=CC(=O)O1. The quantitative estimate of drug-likeness (QED) is 0.412. The molecule has 38 valence electrons. The van der Waals surface area contributed by atoms with Crippen LogP contribution in [0.25, 0.3) is 0 Å². The van der Waals surface area contributed by atoms with E-state index in [-0.39, 0.29) is 5.97 Å². The fraction of sp³-hybridized carbons (Fsp3) is 0.250. The molecule has 0 saturated heterocycles. The summed E-state index contributed by atoms with van der Waals surface area (Å²) in [6, 6.07) is 0. The van der Waals surface area contributed by atoms with Crippen molar-refractivity contribution in [1.29, 1.82) is 0 Å². The van der Waals surface area contributed by atoms with E-state index in [4.69, 9.17) is 5.73 Å². The number of carbonyl (C=O) groups excluding carboxylic acids is 1. The van der Waals surface area contributed by atoms with Crippen LogP contribution in [0.2, 0.25) is 0 Å². The third kappa shape index (κ3) is 0.778. The van der Waals surface area contributed by atoms with Gasteiger partial charge in [-0.2, -0.15) is 0 Å². The number of rotatable bonds is 0. The molecule has 0 bridgehead atoms. The molecule has 7 heavy (non-hydrogen) atoms. The molecule has 2 N–H and O–H groups in total. The lowest BCUT2D eigenvalue weighted by atomic mass is 10.5. The fourth-order valence-corrected chi connectivity index (χ4v) is 0.386. The molecule has 0 aliphatic carbocycles. The molecule has 1 heterocycles. The molecule has 0 unspecified atom stereocenters. The van der Waals surface area contributed by atoms with Crippen LogP contribution in [0.5, 0.6) is 0 Å². The normalized spacial score (nSPS) is 28.1. The second kappa shape index (κ2) is 1.35. The molecule has 1 atom stereocenters. The summed E-state index contributed by atoms with van der Waals surface area (Å²) >= 11 is 0. The maximum Gasteiger partial charge on any atom is 0.332 e. The van der Waals surface area contributed by atoms with Gasteiger partial charge in [0.2, 0.25) is 0 Å². The molecule has 0 aromatic carbocycles. The Bertz CT molecular complexity index is 119. The van der Waals surface area contributed by atoms with Crippen molar-refractivity contribution in [2.24, 2.45) is 5.73 Å². The first-order chi connectivity index (χ1) is 3.29. The van der Waals surface area contributed by atoms with E-state index < -0.39 is 6.23 Å². The van der Waals surface area contributed by atoms with Crippen molar-refractivity contribution in [3.63, 3.8) is 0 Å². The summed E-state index contributed by atoms with van der Waals surface area (Å²) in [5.41, 5.74) is 5.10. The second-order valence-corrected chi connectivity index (χ2v) is 1.26. The third-order valence-electron chi connectivity index (χ3n) is 0.674. The van der Waals surface area contributed by atoms with E-state index in [1.54, 1.807) is 0 Å². The highest BCUT2D eigenvalue weighted by Crippen LogP contribution is 1.96. The van der Waals surface area contributed by atoms with Crippen LogP contribution in [0, 0.1) is 0 Å². The number of hydrogen-bond acceptors (Lipinski definition) is 3. The largest absolute Gasteiger partial charge is 0.440 e. The average Bonchev–Trinajstić information content (AvgIpc) is 1.87. The predicted octanol–water partition coefficient (Wildman–Crippen LogP) is -0.616. The van der Waals surface area contributed by atoms with Gasteiger partial charge in [-0.05, 0) is 6.08 Å². The van der Waals surface area contributed by atoms with Gasteiger partial charge in [-0.15, -0.1) is 0 Å². The summed E-state index contributed by atoms with van der Waals surface area (Å²) < 4.78 is 4.39. The molecular weight excluding hydrogens is 94.0 g/mol. The highest BCUT2D eigenvalue weighted by Gasteiger charge is 2.09. The molecule has 1 aliphatic rings. The van der Waals surface area contributed by atoms with Gasteiger partial charge in [0, 0.05) is 6.08 Å². The van der Waals surface area contributed by atoms with Gasteiger partial charge in [-0.1, -0.05) is 0 Å². The maximum atomic E-state index is 10.1. The Hall–Kier alpha value is -0.830. The molecule has 3 nitrogen and oxygen atoms in total. The Morgan fingerprint density at radius 2 is 2.57 bits per heavy atom. The molecule has 0 amide bonds. The summed E-state index contributed by atoms with van der Waals surface area (Å²) in [4.78, 5) is 10.1. The first-order valence-corrected chi connectivity index (χ1v) is 1.93. The van der Waals surface area contributed by atoms with Gasteiger partial charge < -0.3 is 4.74 Å². The number of nitrogens with two attached hydrogens (primary N) is 1. The summed E-state index contributed by atoms with van der Waals surface area (Å²) in [5.74, 6) is -0.354. The molecule has 3 heteroatoms. The number of carbonyl (C=O) groups is 1. The number of ether oxygens (including phenoxy) is 1. The Labute approximate surface area is 40.8 Å². The Morgan fingerprint density at radius 3 is 2.71 bits per heavy atom. The lowest BCUT2D eigenvalue weighted by Crippen LogP contribution is -2.17. The van der Waals surface area contributed by atoms with E-state index in [9.17, 15) is 4.79 Å². The second-order valence-electron chi connectivity index (χ2n) is 1.26. The van der Waals surface area contributed by atoms with Crippen molar-refractivity contribution < 1.29 is 9.53 Å². The summed E-state index contributed by atoms with van der Waals surface area (Å²) in [6.07, 6.45) is 2.31. The van der Waals surface area contributed by atoms with E-state index in [1.165, 1.54) is 12.2 Å². The van der Waals surface area contributed by atoms with Crippen molar-refractivity contribution in [2.45, 2.75) is 6.23 Å². The van der Waals surface area contributed by atoms with Crippen molar-refractivity contribution in [3.05, 3.63) is 12.2 Å². The zero-order chi connectivity index (χ0) is 5.28. The Kier molecular flexibility index (Phi) is 0.834. The minimum Gasteiger partial charge on any atom is -0.440 e. The summed E-state index contributed by atoms with van der Waals surface area (Å²) in [5, 5.41) is 0. The topological polar surface area (TPSA) is 52.3 Å². The maximum absolute atomic E-state index is 10.1.